The van der Waals surface area contributed by atoms with E-state index in [2.05, 4.69) is 17.3 Å². The van der Waals surface area contributed by atoms with E-state index in [0.29, 0.717) is 37.4 Å². The van der Waals surface area contributed by atoms with Crippen LogP contribution in [0.4, 0.5) is 0 Å². The van der Waals surface area contributed by atoms with E-state index < -0.39 is 0 Å². The smallest absolute Gasteiger partial charge is 0.226 e. The lowest BCUT2D eigenvalue weighted by atomic mass is 9.92. The van der Waals surface area contributed by atoms with Gasteiger partial charge in [0, 0.05) is 38.0 Å². The van der Waals surface area contributed by atoms with Gasteiger partial charge in [-0.25, -0.2) is 0 Å². The number of carbonyl (C=O) groups excluding carboxylic acids is 1. The fraction of sp³-hybridized carbons (Fsp3) is 0.400. The molecule has 1 unspecified atom stereocenters. The SMILES string of the molecule is Cc1cc(C(=N)N2CCC(C(=O)N3CCc4ccccc4C3)CC2=N)on1. The van der Waals surface area contributed by atoms with Crippen LogP contribution >= 0.6 is 0 Å². The van der Waals surface area contributed by atoms with Crippen molar-refractivity contribution in [3.8, 4) is 0 Å². The van der Waals surface area contributed by atoms with Gasteiger partial charge < -0.3 is 14.3 Å². The van der Waals surface area contributed by atoms with Gasteiger partial charge in [0.1, 0.15) is 5.84 Å². The minimum atomic E-state index is -0.191. The number of nitrogens with one attached hydrogen (secondary N) is 2. The zero-order chi connectivity index (χ0) is 19.0. The Labute approximate surface area is 158 Å². The minimum absolute atomic E-state index is 0.121. The zero-order valence-corrected chi connectivity index (χ0v) is 15.4. The number of hydrogen-bond acceptors (Lipinski definition) is 5. The maximum absolute atomic E-state index is 13.0. The first-order valence-corrected chi connectivity index (χ1v) is 9.25. The van der Waals surface area contributed by atoms with Crippen molar-refractivity contribution in [3.63, 3.8) is 0 Å². The molecule has 2 aliphatic heterocycles. The first kappa shape index (κ1) is 17.5. The summed E-state index contributed by atoms with van der Waals surface area (Å²) in [5.41, 5.74) is 3.24. The maximum atomic E-state index is 13.0. The Morgan fingerprint density at radius 1 is 1.26 bits per heavy atom. The van der Waals surface area contributed by atoms with Gasteiger partial charge in [-0.1, -0.05) is 29.4 Å². The van der Waals surface area contributed by atoms with Crippen molar-refractivity contribution in [2.24, 2.45) is 5.92 Å². The highest BCUT2D eigenvalue weighted by Gasteiger charge is 2.34. The summed E-state index contributed by atoms with van der Waals surface area (Å²) in [6.45, 7) is 3.65. The van der Waals surface area contributed by atoms with Gasteiger partial charge in [-0.05, 0) is 30.9 Å². The van der Waals surface area contributed by atoms with Crippen molar-refractivity contribution in [2.45, 2.75) is 32.7 Å². The molecule has 1 fully saturated rings. The Morgan fingerprint density at radius 2 is 2.04 bits per heavy atom. The van der Waals surface area contributed by atoms with Crippen LogP contribution < -0.4 is 0 Å². The van der Waals surface area contributed by atoms with E-state index in [-0.39, 0.29) is 23.5 Å². The molecule has 0 aliphatic carbocycles. The molecular weight excluding hydrogens is 342 g/mol. The molecule has 4 rings (SSSR count). The van der Waals surface area contributed by atoms with Gasteiger partial charge >= 0.3 is 0 Å². The summed E-state index contributed by atoms with van der Waals surface area (Å²) >= 11 is 0. The summed E-state index contributed by atoms with van der Waals surface area (Å²) in [5, 5.41) is 20.4. The molecule has 0 bridgehead atoms. The van der Waals surface area contributed by atoms with Crippen LogP contribution in [0, 0.1) is 23.7 Å². The number of aryl methyl sites for hydroxylation is 1. The number of rotatable bonds is 2. The molecule has 27 heavy (non-hydrogen) atoms. The van der Waals surface area contributed by atoms with Gasteiger partial charge in [0.15, 0.2) is 5.84 Å². The number of fused-ring (bicyclic) bond motifs is 1. The number of amidine groups is 2. The van der Waals surface area contributed by atoms with Crippen molar-refractivity contribution >= 4 is 17.6 Å². The van der Waals surface area contributed by atoms with E-state index in [9.17, 15) is 4.79 Å². The van der Waals surface area contributed by atoms with Gasteiger partial charge in [-0.2, -0.15) is 0 Å². The Balaban J connectivity index is 1.40. The van der Waals surface area contributed by atoms with Crippen LogP contribution in [0.1, 0.15) is 35.4 Å². The van der Waals surface area contributed by atoms with Crippen molar-refractivity contribution in [1.82, 2.24) is 15.0 Å². The third kappa shape index (κ3) is 3.37. The van der Waals surface area contributed by atoms with E-state index in [1.54, 1.807) is 17.9 Å². The van der Waals surface area contributed by atoms with Crippen LogP contribution in [-0.2, 0) is 17.8 Å². The van der Waals surface area contributed by atoms with Crippen molar-refractivity contribution in [3.05, 3.63) is 52.9 Å². The highest BCUT2D eigenvalue weighted by molar-refractivity contribution is 6.06. The Kier molecular flexibility index (Phi) is 4.51. The summed E-state index contributed by atoms with van der Waals surface area (Å²) in [6.07, 6.45) is 1.87. The van der Waals surface area contributed by atoms with Crippen molar-refractivity contribution < 1.29 is 9.32 Å². The van der Waals surface area contributed by atoms with Crippen molar-refractivity contribution in [1.29, 1.82) is 10.8 Å². The summed E-state index contributed by atoms with van der Waals surface area (Å²) in [7, 11) is 0. The lowest BCUT2D eigenvalue weighted by Crippen LogP contribution is -2.48. The van der Waals surface area contributed by atoms with Gasteiger partial charge in [0.2, 0.25) is 11.7 Å². The summed E-state index contributed by atoms with van der Waals surface area (Å²) in [5.74, 6) is 0.711. The number of carbonyl (C=O) groups is 1. The molecule has 1 saturated heterocycles. The maximum Gasteiger partial charge on any atom is 0.226 e. The topological polar surface area (TPSA) is 97.3 Å². The van der Waals surface area contributed by atoms with Crippen LogP contribution in [0.25, 0.3) is 0 Å². The second-order valence-electron chi connectivity index (χ2n) is 7.25. The number of piperidine rings is 1. The zero-order valence-electron chi connectivity index (χ0n) is 15.4. The molecule has 7 heteroatoms. The fourth-order valence-electron chi connectivity index (χ4n) is 3.87. The van der Waals surface area contributed by atoms with E-state index in [1.165, 1.54) is 11.1 Å². The molecule has 3 heterocycles. The summed E-state index contributed by atoms with van der Waals surface area (Å²) in [6, 6.07) is 9.95. The average molecular weight is 365 g/mol. The monoisotopic (exact) mass is 365 g/mol. The van der Waals surface area contributed by atoms with Crippen molar-refractivity contribution in [2.75, 3.05) is 13.1 Å². The number of benzene rings is 1. The lowest BCUT2D eigenvalue weighted by molar-refractivity contribution is -0.136. The number of amides is 1. The van der Waals surface area contributed by atoms with E-state index in [4.69, 9.17) is 15.3 Å². The Morgan fingerprint density at radius 3 is 2.74 bits per heavy atom. The van der Waals surface area contributed by atoms with Gasteiger partial charge in [0.25, 0.3) is 0 Å². The number of nitrogens with zero attached hydrogens (tertiary/aromatic N) is 3. The quantitative estimate of drug-likeness (QED) is 0.631. The molecule has 140 valence electrons. The van der Waals surface area contributed by atoms with Crippen LogP contribution in [0.5, 0.6) is 0 Å². The molecule has 2 aromatic rings. The van der Waals surface area contributed by atoms with Crippen LogP contribution in [-0.4, -0.2) is 45.6 Å². The minimum Gasteiger partial charge on any atom is -0.353 e. The molecule has 0 saturated carbocycles. The molecule has 1 aromatic heterocycles. The lowest BCUT2D eigenvalue weighted by Gasteiger charge is -2.36. The van der Waals surface area contributed by atoms with Crippen LogP contribution in [0.3, 0.4) is 0 Å². The first-order valence-electron chi connectivity index (χ1n) is 9.25. The third-order valence-corrected chi connectivity index (χ3v) is 5.39. The van der Waals surface area contributed by atoms with Gasteiger partial charge in [-0.3, -0.25) is 15.6 Å². The van der Waals surface area contributed by atoms with E-state index >= 15 is 0 Å². The predicted octanol–water partition coefficient (Wildman–Crippen LogP) is 2.58. The first-order chi connectivity index (χ1) is 13.0. The highest BCUT2D eigenvalue weighted by Crippen LogP contribution is 2.26. The van der Waals surface area contributed by atoms with E-state index in [1.807, 2.05) is 17.0 Å². The molecular formula is C20H23N5O2. The molecule has 0 spiro atoms. The van der Waals surface area contributed by atoms with Crippen LogP contribution in [0.15, 0.2) is 34.9 Å². The van der Waals surface area contributed by atoms with Crippen LogP contribution in [0.2, 0.25) is 0 Å². The Bertz CT molecular complexity index is 903. The number of likely N-dealkylation sites (tertiary alicyclic amines) is 1. The number of aromatic nitrogens is 1. The molecule has 7 nitrogen and oxygen atoms in total. The molecule has 1 amide bonds. The van der Waals surface area contributed by atoms with E-state index in [0.717, 1.165) is 13.0 Å². The molecule has 1 atom stereocenters. The normalized spacial score (nSPS) is 19.7. The average Bonchev–Trinajstić information content (AvgIpc) is 3.13. The standard InChI is InChI=1S/C20H23N5O2/c1-13-10-17(27-23-13)19(22)25-9-7-15(11-18(25)21)20(26)24-8-6-14-4-2-3-5-16(14)12-24/h2-5,10,15,21-22H,6-9,11-12H2,1H3. The second kappa shape index (κ2) is 6.98. The molecule has 2 aliphatic rings. The molecule has 1 aromatic carbocycles. The predicted molar refractivity (Wildman–Crippen MR) is 101 cm³/mol. The van der Waals surface area contributed by atoms with Gasteiger partial charge in [-0.15, -0.1) is 0 Å². The number of hydrogen-bond donors (Lipinski definition) is 2. The van der Waals surface area contributed by atoms with Gasteiger partial charge in [0.05, 0.1) is 5.69 Å². The molecule has 2 N–H and O–H groups in total. The summed E-state index contributed by atoms with van der Waals surface area (Å²) < 4.78 is 5.14. The largest absolute Gasteiger partial charge is 0.353 e. The highest BCUT2D eigenvalue weighted by atomic mass is 16.5. The molecule has 0 radical (unpaired) electrons. The fourth-order valence-corrected chi connectivity index (χ4v) is 3.87. The second-order valence-corrected chi connectivity index (χ2v) is 7.25. The third-order valence-electron chi connectivity index (χ3n) is 5.39. The summed E-state index contributed by atoms with van der Waals surface area (Å²) in [4.78, 5) is 16.5. The Hall–Kier alpha value is -2.96.